The fraction of sp³-hybridized carbons (Fsp3) is 0.917. The van der Waals surface area contributed by atoms with Gasteiger partial charge in [-0.05, 0) is 51.8 Å². The quantitative estimate of drug-likeness (QED) is 0.785. The van der Waals surface area contributed by atoms with Crippen LogP contribution in [0, 0.1) is 0 Å². The molecule has 1 aliphatic heterocycles. The second-order valence-electron chi connectivity index (χ2n) is 5.29. The molecule has 1 aliphatic carbocycles. The molecule has 2 fully saturated rings. The van der Waals surface area contributed by atoms with E-state index < -0.39 is 0 Å². The van der Waals surface area contributed by atoms with Crippen LogP contribution in [0.1, 0.15) is 39.0 Å². The highest BCUT2D eigenvalue weighted by Gasteiger charge is 2.43. The third kappa shape index (κ3) is 2.54. The van der Waals surface area contributed by atoms with Crippen molar-refractivity contribution in [2.45, 2.75) is 49.3 Å². The van der Waals surface area contributed by atoms with Crippen LogP contribution >= 0.6 is 11.8 Å². The highest BCUT2D eigenvalue weighted by molar-refractivity contribution is 8.00. The van der Waals surface area contributed by atoms with Crippen molar-refractivity contribution in [1.29, 1.82) is 0 Å². The number of carbonyl (C=O) groups excluding carboxylic acids is 1. The summed E-state index contributed by atoms with van der Waals surface area (Å²) < 4.78 is 0.362. The lowest BCUT2D eigenvalue weighted by atomic mass is 9.90. The SMILES string of the molecule is CSC1(CNC(=O)C2(C)CCCCN2)CC1. The second-order valence-corrected chi connectivity index (χ2v) is 6.56. The number of hydrogen-bond donors (Lipinski definition) is 2. The highest BCUT2D eigenvalue weighted by Crippen LogP contribution is 2.46. The van der Waals surface area contributed by atoms with Gasteiger partial charge in [-0.15, -0.1) is 0 Å². The molecule has 2 rings (SSSR count). The summed E-state index contributed by atoms with van der Waals surface area (Å²) in [6, 6.07) is 0. The first kappa shape index (κ1) is 12.2. The molecule has 1 saturated heterocycles. The van der Waals surface area contributed by atoms with Crippen LogP contribution < -0.4 is 10.6 Å². The molecule has 1 heterocycles. The summed E-state index contributed by atoms with van der Waals surface area (Å²) >= 11 is 1.89. The molecule has 1 unspecified atom stereocenters. The Balaban J connectivity index is 1.82. The normalized spacial score (nSPS) is 32.1. The van der Waals surface area contributed by atoms with E-state index in [9.17, 15) is 4.79 Å². The van der Waals surface area contributed by atoms with E-state index in [4.69, 9.17) is 0 Å². The average molecular weight is 242 g/mol. The minimum atomic E-state index is -0.327. The van der Waals surface area contributed by atoms with Gasteiger partial charge in [-0.25, -0.2) is 0 Å². The molecule has 0 aromatic rings. The number of piperidine rings is 1. The summed E-state index contributed by atoms with van der Waals surface area (Å²) in [6.45, 7) is 3.84. The molecule has 2 aliphatic rings. The first-order chi connectivity index (χ1) is 7.60. The fourth-order valence-corrected chi connectivity index (χ4v) is 3.01. The van der Waals surface area contributed by atoms with Crippen LogP contribution in [0.2, 0.25) is 0 Å². The van der Waals surface area contributed by atoms with Crippen molar-refractivity contribution in [3.63, 3.8) is 0 Å². The fourth-order valence-electron chi connectivity index (χ4n) is 2.28. The second kappa shape index (κ2) is 4.57. The molecule has 0 spiro atoms. The lowest BCUT2D eigenvalue weighted by molar-refractivity contribution is -0.127. The smallest absolute Gasteiger partial charge is 0.240 e. The van der Waals surface area contributed by atoms with Crippen LogP contribution in [-0.4, -0.2) is 35.5 Å². The third-order valence-corrected chi connectivity index (χ3v) is 5.35. The van der Waals surface area contributed by atoms with Gasteiger partial charge in [0.15, 0.2) is 0 Å². The largest absolute Gasteiger partial charge is 0.353 e. The van der Waals surface area contributed by atoms with E-state index >= 15 is 0 Å². The van der Waals surface area contributed by atoms with Gasteiger partial charge >= 0.3 is 0 Å². The molecule has 1 atom stereocenters. The Morgan fingerprint density at radius 3 is 2.62 bits per heavy atom. The van der Waals surface area contributed by atoms with Gasteiger partial charge in [0.05, 0.1) is 5.54 Å². The Morgan fingerprint density at radius 1 is 1.38 bits per heavy atom. The van der Waals surface area contributed by atoms with E-state index in [0.717, 1.165) is 25.9 Å². The molecule has 92 valence electrons. The van der Waals surface area contributed by atoms with Gasteiger partial charge in [0, 0.05) is 11.3 Å². The van der Waals surface area contributed by atoms with Crippen molar-refractivity contribution < 1.29 is 4.79 Å². The van der Waals surface area contributed by atoms with Crippen LogP contribution in [-0.2, 0) is 4.79 Å². The topological polar surface area (TPSA) is 41.1 Å². The number of carbonyl (C=O) groups is 1. The maximum absolute atomic E-state index is 12.1. The van der Waals surface area contributed by atoms with Gasteiger partial charge < -0.3 is 10.6 Å². The molecule has 0 aromatic heterocycles. The standard InChI is InChI=1S/C12H22N2OS/c1-11(5-3-4-8-14-11)10(15)13-9-12(16-2)6-7-12/h14H,3-9H2,1-2H3,(H,13,15). The van der Waals surface area contributed by atoms with E-state index in [1.54, 1.807) is 0 Å². The van der Waals surface area contributed by atoms with Gasteiger partial charge in [-0.3, -0.25) is 4.79 Å². The van der Waals surface area contributed by atoms with Crippen molar-refractivity contribution in [2.24, 2.45) is 0 Å². The van der Waals surface area contributed by atoms with Crippen molar-refractivity contribution >= 4 is 17.7 Å². The molecule has 16 heavy (non-hydrogen) atoms. The predicted octanol–water partition coefficient (Wildman–Crippen LogP) is 1.53. The van der Waals surface area contributed by atoms with E-state index in [1.807, 2.05) is 18.7 Å². The Bertz CT molecular complexity index is 270. The Labute approximate surface area is 102 Å². The summed E-state index contributed by atoms with van der Waals surface area (Å²) in [7, 11) is 0. The molecular formula is C12H22N2OS. The maximum atomic E-state index is 12.1. The molecule has 3 nitrogen and oxygen atoms in total. The molecule has 0 radical (unpaired) electrons. The van der Waals surface area contributed by atoms with Crippen molar-refractivity contribution in [3.05, 3.63) is 0 Å². The van der Waals surface area contributed by atoms with Crippen LogP contribution in [0.5, 0.6) is 0 Å². The lowest BCUT2D eigenvalue weighted by Gasteiger charge is -2.33. The zero-order valence-electron chi connectivity index (χ0n) is 10.3. The highest BCUT2D eigenvalue weighted by atomic mass is 32.2. The Hall–Kier alpha value is -0.220. The molecule has 4 heteroatoms. The van der Waals surface area contributed by atoms with Crippen LogP contribution in [0.3, 0.4) is 0 Å². The minimum absolute atomic E-state index is 0.188. The first-order valence-corrected chi connectivity index (χ1v) is 7.41. The number of thioether (sulfide) groups is 1. The maximum Gasteiger partial charge on any atom is 0.240 e. The van der Waals surface area contributed by atoms with E-state index in [1.165, 1.54) is 19.3 Å². The van der Waals surface area contributed by atoms with E-state index in [0.29, 0.717) is 4.75 Å². The van der Waals surface area contributed by atoms with E-state index in [2.05, 4.69) is 16.9 Å². The van der Waals surface area contributed by atoms with Crippen molar-refractivity contribution in [1.82, 2.24) is 10.6 Å². The molecule has 0 aromatic carbocycles. The summed E-state index contributed by atoms with van der Waals surface area (Å²) in [5.41, 5.74) is -0.327. The van der Waals surface area contributed by atoms with Crippen molar-refractivity contribution in [2.75, 3.05) is 19.3 Å². The zero-order chi connectivity index (χ0) is 11.6. The summed E-state index contributed by atoms with van der Waals surface area (Å²) in [5.74, 6) is 0.188. The Morgan fingerprint density at radius 2 is 2.12 bits per heavy atom. The Kier molecular flexibility index (Phi) is 3.50. The van der Waals surface area contributed by atoms with Gasteiger partial charge in [0.2, 0.25) is 5.91 Å². The number of hydrogen-bond acceptors (Lipinski definition) is 3. The van der Waals surface area contributed by atoms with Crippen molar-refractivity contribution in [3.8, 4) is 0 Å². The van der Waals surface area contributed by atoms with Gasteiger partial charge in [-0.1, -0.05) is 0 Å². The van der Waals surface area contributed by atoms with Crippen LogP contribution in [0.15, 0.2) is 0 Å². The molecule has 2 N–H and O–H groups in total. The summed E-state index contributed by atoms with van der Waals surface area (Å²) in [5, 5.41) is 6.48. The summed E-state index contributed by atoms with van der Waals surface area (Å²) in [6.07, 6.45) is 7.95. The molecule has 0 bridgehead atoms. The average Bonchev–Trinajstić information content (AvgIpc) is 3.07. The van der Waals surface area contributed by atoms with Crippen LogP contribution in [0.4, 0.5) is 0 Å². The summed E-state index contributed by atoms with van der Waals surface area (Å²) in [4.78, 5) is 12.1. The lowest BCUT2D eigenvalue weighted by Crippen LogP contribution is -2.57. The number of amides is 1. The predicted molar refractivity (Wildman–Crippen MR) is 68.7 cm³/mol. The minimum Gasteiger partial charge on any atom is -0.353 e. The zero-order valence-corrected chi connectivity index (χ0v) is 11.1. The van der Waals surface area contributed by atoms with Gasteiger partial charge in [0.25, 0.3) is 0 Å². The first-order valence-electron chi connectivity index (χ1n) is 6.19. The van der Waals surface area contributed by atoms with Gasteiger partial charge in [-0.2, -0.15) is 11.8 Å². The molecular weight excluding hydrogens is 220 g/mol. The third-order valence-electron chi connectivity index (χ3n) is 3.93. The van der Waals surface area contributed by atoms with Gasteiger partial charge in [0.1, 0.15) is 0 Å². The molecule has 1 saturated carbocycles. The number of nitrogens with one attached hydrogen (secondary N) is 2. The van der Waals surface area contributed by atoms with Crippen LogP contribution in [0.25, 0.3) is 0 Å². The molecule has 1 amide bonds. The monoisotopic (exact) mass is 242 g/mol. The number of rotatable bonds is 4. The van der Waals surface area contributed by atoms with E-state index in [-0.39, 0.29) is 11.4 Å².